The molecule has 0 amide bonds. The van der Waals surface area contributed by atoms with Gasteiger partial charge in [-0.1, -0.05) is 35.0 Å². The van der Waals surface area contributed by atoms with Crippen LogP contribution >= 0.6 is 35.0 Å². The summed E-state index contributed by atoms with van der Waals surface area (Å²) in [5, 5.41) is 10.1. The van der Waals surface area contributed by atoms with Gasteiger partial charge >= 0.3 is 0 Å². The van der Waals surface area contributed by atoms with Crippen LogP contribution in [0.2, 0.25) is 10.0 Å². The molecule has 0 fully saturated rings. The first kappa shape index (κ1) is 23.2. The summed E-state index contributed by atoms with van der Waals surface area (Å²) in [6, 6.07) is 20.0. The van der Waals surface area contributed by atoms with E-state index in [1.807, 2.05) is 53.1 Å². The molecule has 6 nitrogen and oxygen atoms in total. The van der Waals surface area contributed by atoms with Gasteiger partial charge < -0.3 is 9.47 Å². The molecule has 168 valence electrons. The summed E-state index contributed by atoms with van der Waals surface area (Å²) in [5.74, 6) is 2.20. The third-order valence-electron chi connectivity index (χ3n) is 4.89. The molecule has 0 N–H and O–H groups in total. The molecule has 0 unspecified atom stereocenters. The molecule has 1 heterocycles. The zero-order valence-corrected chi connectivity index (χ0v) is 20.1. The first-order valence-electron chi connectivity index (χ1n) is 9.85. The van der Waals surface area contributed by atoms with E-state index in [2.05, 4.69) is 10.2 Å². The van der Waals surface area contributed by atoms with Gasteiger partial charge in [0.25, 0.3) is 0 Å². The number of rotatable bonds is 8. The topological polar surface area (TPSA) is 66.2 Å². The number of thioether (sulfide) groups is 1. The van der Waals surface area contributed by atoms with Crippen LogP contribution in [0.4, 0.5) is 0 Å². The Morgan fingerprint density at radius 3 is 2.12 bits per heavy atom. The summed E-state index contributed by atoms with van der Waals surface area (Å²) >= 11 is 13.3. The van der Waals surface area contributed by atoms with Gasteiger partial charge in [0.05, 0.1) is 30.0 Å². The Morgan fingerprint density at radius 1 is 0.879 bits per heavy atom. The Kier molecular flexibility index (Phi) is 7.23. The Hall–Kier alpha value is -3.00. The number of halogens is 2. The van der Waals surface area contributed by atoms with E-state index in [4.69, 9.17) is 32.7 Å². The van der Waals surface area contributed by atoms with Gasteiger partial charge in [0.1, 0.15) is 11.5 Å². The van der Waals surface area contributed by atoms with E-state index in [9.17, 15) is 4.79 Å². The second-order valence-corrected chi connectivity index (χ2v) is 8.67. The lowest BCUT2D eigenvalue weighted by Gasteiger charge is -2.11. The van der Waals surface area contributed by atoms with Crippen molar-refractivity contribution >= 4 is 40.7 Å². The van der Waals surface area contributed by atoms with Gasteiger partial charge in [-0.05, 0) is 66.7 Å². The molecule has 4 rings (SSSR count). The summed E-state index contributed by atoms with van der Waals surface area (Å²) in [4.78, 5) is 12.7. The molecular weight excluding hydrogens is 481 g/mol. The van der Waals surface area contributed by atoms with Crippen molar-refractivity contribution in [3.63, 3.8) is 0 Å². The zero-order chi connectivity index (χ0) is 23.4. The maximum atomic E-state index is 12.7. The fourth-order valence-electron chi connectivity index (χ4n) is 3.14. The number of carbonyl (C=O) groups is 1. The normalized spacial score (nSPS) is 10.8. The number of benzene rings is 3. The van der Waals surface area contributed by atoms with Gasteiger partial charge in [-0.25, -0.2) is 0 Å². The molecule has 3 aromatic carbocycles. The van der Waals surface area contributed by atoms with E-state index >= 15 is 0 Å². The first-order chi connectivity index (χ1) is 16.0. The summed E-state index contributed by atoms with van der Waals surface area (Å²) in [5.41, 5.74) is 2.20. The highest BCUT2D eigenvalue weighted by atomic mass is 35.5. The van der Waals surface area contributed by atoms with Crippen molar-refractivity contribution in [2.24, 2.45) is 0 Å². The maximum absolute atomic E-state index is 12.7. The molecule has 1 aromatic heterocycles. The predicted octanol–water partition coefficient (Wildman–Crippen LogP) is 6.23. The summed E-state index contributed by atoms with van der Waals surface area (Å²) < 4.78 is 12.4. The molecule has 0 radical (unpaired) electrons. The number of methoxy groups -OCH3 is 2. The van der Waals surface area contributed by atoms with Crippen molar-refractivity contribution in [2.45, 2.75) is 5.16 Å². The molecule has 0 spiro atoms. The van der Waals surface area contributed by atoms with Gasteiger partial charge in [0.15, 0.2) is 16.8 Å². The molecule has 0 saturated carbocycles. The molecular formula is C24H19Cl2N3O3S. The molecule has 0 aliphatic carbocycles. The van der Waals surface area contributed by atoms with E-state index in [1.54, 1.807) is 32.4 Å². The Morgan fingerprint density at radius 2 is 1.52 bits per heavy atom. The lowest BCUT2D eigenvalue weighted by atomic mass is 10.1. The second kappa shape index (κ2) is 10.3. The number of aromatic nitrogens is 3. The summed E-state index contributed by atoms with van der Waals surface area (Å²) in [7, 11) is 3.24. The standard InChI is InChI=1S/C24H19Cl2N3O3S/c1-31-18-8-3-15(4-9-18)23-27-28-24(29(23)17-6-10-19(32-2)11-7-17)33-14-22(30)16-5-12-20(25)21(26)13-16/h3-13H,14H2,1-2H3. The van der Waals surface area contributed by atoms with E-state index < -0.39 is 0 Å². The van der Waals surface area contributed by atoms with Crippen LogP contribution in [0.25, 0.3) is 17.1 Å². The van der Waals surface area contributed by atoms with E-state index in [0.29, 0.717) is 26.6 Å². The predicted molar refractivity (Wildman–Crippen MR) is 131 cm³/mol. The highest BCUT2D eigenvalue weighted by Gasteiger charge is 2.18. The molecule has 4 aromatic rings. The molecule has 0 saturated heterocycles. The monoisotopic (exact) mass is 499 g/mol. The number of Topliss-reactive ketones (excluding diaryl/α,β-unsaturated/α-hetero) is 1. The lowest BCUT2D eigenvalue weighted by molar-refractivity contribution is 0.102. The Balaban J connectivity index is 1.67. The van der Waals surface area contributed by atoms with E-state index in [-0.39, 0.29) is 11.5 Å². The van der Waals surface area contributed by atoms with Crippen LogP contribution in [0.1, 0.15) is 10.4 Å². The number of hydrogen-bond acceptors (Lipinski definition) is 6. The fourth-order valence-corrected chi connectivity index (χ4v) is 4.28. The average molecular weight is 500 g/mol. The van der Waals surface area contributed by atoms with Crippen LogP contribution in [0, 0.1) is 0 Å². The van der Waals surface area contributed by atoms with Crippen molar-refractivity contribution in [1.29, 1.82) is 0 Å². The van der Waals surface area contributed by atoms with Crippen molar-refractivity contribution in [3.8, 4) is 28.6 Å². The largest absolute Gasteiger partial charge is 0.497 e. The van der Waals surface area contributed by atoms with Gasteiger partial charge in [-0.15, -0.1) is 10.2 Å². The van der Waals surface area contributed by atoms with Crippen LogP contribution in [-0.4, -0.2) is 40.5 Å². The number of nitrogens with zero attached hydrogens (tertiary/aromatic N) is 3. The quantitative estimate of drug-likeness (QED) is 0.211. The van der Waals surface area contributed by atoms with Crippen LogP contribution in [-0.2, 0) is 0 Å². The summed E-state index contributed by atoms with van der Waals surface area (Å²) in [6.07, 6.45) is 0. The maximum Gasteiger partial charge on any atom is 0.196 e. The molecule has 0 aliphatic rings. The second-order valence-electron chi connectivity index (χ2n) is 6.91. The lowest BCUT2D eigenvalue weighted by Crippen LogP contribution is -2.05. The Bertz CT molecular complexity index is 1280. The van der Waals surface area contributed by atoms with Crippen molar-refractivity contribution in [1.82, 2.24) is 14.8 Å². The van der Waals surface area contributed by atoms with Gasteiger partial charge in [0.2, 0.25) is 0 Å². The third kappa shape index (κ3) is 5.16. The molecule has 0 bridgehead atoms. The molecule has 9 heteroatoms. The fraction of sp³-hybridized carbons (Fsp3) is 0.125. The minimum Gasteiger partial charge on any atom is -0.497 e. The molecule has 0 atom stereocenters. The number of ketones is 1. The van der Waals surface area contributed by atoms with Crippen LogP contribution in [0.15, 0.2) is 71.9 Å². The van der Waals surface area contributed by atoms with Crippen LogP contribution in [0.5, 0.6) is 11.5 Å². The number of carbonyl (C=O) groups excluding carboxylic acids is 1. The molecule has 33 heavy (non-hydrogen) atoms. The highest BCUT2D eigenvalue weighted by molar-refractivity contribution is 7.99. The summed E-state index contributed by atoms with van der Waals surface area (Å²) in [6.45, 7) is 0. The zero-order valence-electron chi connectivity index (χ0n) is 17.8. The number of ether oxygens (including phenoxy) is 2. The molecule has 0 aliphatic heterocycles. The van der Waals surface area contributed by atoms with E-state index in [1.165, 1.54) is 11.8 Å². The highest BCUT2D eigenvalue weighted by Crippen LogP contribution is 2.30. The van der Waals surface area contributed by atoms with Crippen molar-refractivity contribution in [3.05, 3.63) is 82.3 Å². The number of hydrogen-bond donors (Lipinski definition) is 0. The van der Waals surface area contributed by atoms with Gasteiger partial charge in [0, 0.05) is 16.8 Å². The van der Waals surface area contributed by atoms with Crippen LogP contribution in [0.3, 0.4) is 0 Å². The SMILES string of the molecule is COc1ccc(-c2nnc(SCC(=O)c3ccc(Cl)c(Cl)c3)n2-c2ccc(OC)cc2)cc1. The Labute approximate surface area is 205 Å². The smallest absolute Gasteiger partial charge is 0.196 e. The third-order valence-corrected chi connectivity index (χ3v) is 6.55. The van der Waals surface area contributed by atoms with Crippen LogP contribution < -0.4 is 9.47 Å². The van der Waals surface area contributed by atoms with Gasteiger partial charge in [-0.3, -0.25) is 9.36 Å². The van der Waals surface area contributed by atoms with Crippen molar-refractivity contribution < 1.29 is 14.3 Å². The van der Waals surface area contributed by atoms with Gasteiger partial charge in [-0.2, -0.15) is 0 Å². The minimum atomic E-state index is -0.0890. The minimum absolute atomic E-state index is 0.0890. The van der Waals surface area contributed by atoms with E-state index in [0.717, 1.165) is 22.7 Å². The van der Waals surface area contributed by atoms with Crippen molar-refractivity contribution in [2.75, 3.05) is 20.0 Å². The average Bonchev–Trinajstić information content (AvgIpc) is 3.28. The first-order valence-corrected chi connectivity index (χ1v) is 11.6.